The summed E-state index contributed by atoms with van der Waals surface area (Å²) in [6.45, 7) is 3.24. The Morgan fingerprint density at radius 3 is 2.49 bits per heavy atom. The van der Waals surface area contributed by atoms with Gasteiger partial charge in [0.25, 0.3) is 5.56 Å². The zero-order valence-electron chi connectivity index (χ0n) is 23.0. The summed E-state index contributed by atoms with van der Waals surface area (Å²) in [4.78, 5) is 21.6. The van der Waals surface area contributed by atoms with Gasteiger partial charge in [0, 0.05) is 44.0 Å². The molecule has 1 aliphatic carbocycles. The van der Waals surface area contributed by atoms with Crippen LogP contribution >= 0.6 is 11.6 Å². The molecule has 1 aromatic carbocycles. The third-order valence-electron chi connectivity index (χ3n) is 7.28. The number of hydrogen-bond donors (Lipinski definition) is 0. The third-order valence-corrected chi connectivity index (χ3v) is 9.55. The van der Waals surface area contributed by atoms with Crippen LogP contribution in [0.25, 0.3) is 16.9 Å². The minimum Gasteiger partial charge on any atom is -0.277 e. The number of hydrogen-bond acceptors (Lipinski definition) is 5. The lowest BCUT2D eigenvalue weighted by Gasteiger charge is -2.18. The highest BCUT2D eigenvalue weighted by molar-refractivity contribution is 7.90. The predicted molar refractivity (Wildman–Crippen MR) is 154 cm³/mol. The van der Waals surface area contributed by atoms with Crippen LogP contribution in [0.5, 0.6) is 0 Å². The van der Waals surface area contributed by atoms with Gasteiger partial charge in [0.05, 0.1) is 11.9 Å². The van der Waals surface area contributed by atoms with Crippen LogP contribution in [-0.4, -0.2) is 43.4 Å². The van der Waals surface area contributed by atoms with Gasteiger partial charge in [-0.1, -0.05) is 17.7 Å². The molecule has 0 amide bonds. The molecular formula is C29H27ClF3N5O2S. The molecule has 0 spiro atoms. The SMILES string of the molecule is Cc1cnc(-c2cccc(N=S(C)(=O)N(C)C)c2F)c(F)c1-n1c(C)cc([C@H]2C[C@@H]2c2cncc(F)c2)c(Cl)c1=O. The van der Waals surface area contributed by atoms with E-state index in [1.807, 2.05) is 0 Å². The van der Waals surface area contributed by atoms with Crippen molar-refractivity contribution in [3.8, 4) is 16.9 Å². The first-order valence-corrected chi connectivity index (χ1v) is 14.9. The lowest BCUT2D eigenvalue weighted by Crippen LogP contribution is -2.24. The first-order valence-electron chi connectivity index (χ1n) is 12.7. The van der Waals surface area contributed by atoms with Gasteiger partial charge in [-0.15, -0.1) is 0 Å². The molecule has 12 heteroatoms. The highest BCUT2D eigenvalue weighted by Gasteiger charge is 2.42. The van der Waals surface area contributed by atoms with Crippen LogP contribution in [0.15, 0.2) is 58.1 Å². The molecule has 41 heavy (non-hydrogen) atoms. The second-order valence-corrected chi connectivity index (χ2v) is 13.2. The summed E-state index contributed by atoms with van der Waals surface area (Å²) in [5, 5.41) is -0.0713. The van der Waals surface area contributed by atoms with Gasteiger partial charge >= 0.3 is 0 Å². The Bertz CT molecular complexity index is 1890. The van der Waals surface area contributed by atoms with Crippen molar-refractivity contribution >= 4 is 27.2 Å². The molecule has 0 radical (unpaired) electrons. The Balaban J connectivity index is 1.60. The largest absolute Gasteiger partial charge is 0.277 e. The average Bonchev–Trinajstić information content (AvgIpc) is 3.70. The normalized spacial score (nSPS) is 17.9. The summed E-state index contributed by atoms with van der Waals surface area (Å²) in [6.07, 6.45) is 6.10. The van der Waals surface area contributed by atoms with Crippen molar-refractivity contribution in [1.82, 2.24) is 18.8 Å². The molecule has 7 nitrogen and oxygen atoms in total. The fourth-order valence-electron chi connectivity index (χ4n) is 4.88. The Labute approximate surface area is 241 Å². The monoisotopic (exact) mass is 601 g/mol. The van der Waals surface area contributed by atoms with Crippen molar-refractivity contribution in [3.63, 3.8) is 0 Å². The second kappa shape index (κ2) is 10.7. The summed E-state index contributed by atoms with van der Waals surface area (Å²) in [7, 11) is 0.196. The van der Waals surface area contributed by atoms with Crippen molar-refractivity contribution in [2.75, 3.05) is 20.4 Å². The van der Waals surface area contributed by atoms with Crippen LogP contribution in [-0.2, 0) is 9.92 Å². The summed E-state index contributed by atoms with van der Waals surface area (Å²) in [6, 6.07) is 7.28. The zero-order chi connectivity index (χ0) is 29.8. The van der Waals surface area contributed by atoms with Crippen molar-refractivity contribution in [2.24, 2.45) is 4.36 Å². The highest BCUT2D eigenvalue weighted by Crippen LogP contribution is 2.55. The molecule has 3 heterocycles. The average molecular weight is 602 g/mol. The fourth-order valence-corrected chi connectivity index (χ4v) is 5.83. The van der Waals surface area contributed by atoms with Crippen LogP contribution in [0, 0.1) is 31.3 Å². The van der Waals surface area contributed by atoms with E-state index in [-0.39, 0.29) is 39.5 Å². The van der Waals surface area contributed by atoms with Crippen molar-refractivity contribution in [3.05, 3.63) is 104 Å². The number of nitrogens with zero attached hydrogens (tertiary/aromatic N) is 5. The van der Waals surface area contributed by atoms with Gasteiger partial charge in [-0.3, -0.25) is 19.3 Å². The standard InChI is InChI=1S/C29H27ClF3N5O2S/c1-15-12-35-27(19-7-6-8-23(25(19)32)36-41(5,40)37(3)4)26(33)28(15)38-16(2)9-22(24(30)29(38)39)21-11-20(21)17-10-18(31)14-34-13-17/h6-10,12-14,20-21H,11H2,1-5H3/t20-,21+,41?/m1/s1. The van der Waals surface area contributed by atoms with E-state index in [0.717, 1.165) is 10.8 Å². The molecule has 3 atom stereocenters. The van der Waals surface area contributed by atoms with Crippen molar-refractivity contribution in [2.45, 2.75) is 32.1 Å². The minimum absolute atomic E-state index is 0.0395. The van der Waals surface area contributed by atoms with Crippen molar-refractivity contribution in [1.29, 1.82) is 0 Å². The maximum Gasteiger partial charge on any atom is 0.274 e. The molecule has 0 bridgehead atoms. The molecule has 214 valence electrons. The molecule has 1 saturated carbocycles. The fraction of sp³-hybridized carbons (Fsp3) is 0.276. The number of aryl methyl sites for hydroxylation is 2. The summed E-state index contributed by atoms with van der Waals surface area (Å²) < 4.78 is 64.8. The van der Waals surface area contributed by atoms with Gasteiger partial charge in [-0.05, 0) is 73.1 Å². The molecule has 0 saturated heterocycles. The summed E-state index contributed by atoms with van der Waals surface area (Å²) in [5.74, 6) is -2.41. The summed E-state index contributed by atoms with van der Waals surface area (Å²) >= 11 is 6.57. The molecular weight excluding hydrogens is 575 g/mol. The molecule has 0 aliphatic heterocycles. The Kier molecular flexibility index (Phi) is 7.56. The number of aromatic nitrogens is 3. The van der Waals surface area contributed by atoms with Crippen LogP contribution in [0.4, 0.5) is 18.9 Å². The molecule has 1 unspecified atom stereocenters. The zero-order valence-corrected chi connectivity index (χ0v) is 24.5. The quantitative estimate of drug-likeness (QED) is 0.254. The molecule has 4 aromatic rings. The Morgan fingerprint density at radius 1 is 1.07 bits per heavy atom. The van der Waals surface area contributed by atoms with Gasteiger partial charge in [-0.25, -0.2) is 21.7 Å². The van der Waals surface area contributed by atoms with Gasteiger partial charge in [0.1, 0.15) is 32.1 Å². The molecule has 3 aromatic heterocycles. The first-order chi connectivity index (χ1) is 19.3. The van der Waals surface area contributed by atoms with E-state index in [1.165, 1.54) is 41.0 Å². The molecule has 0 N–H and O–H groups in total. The van der Waals surface area contributed by atoms with E-state index in [2.05, 4.69) is 14.3 Å². The smallest absolute Gasteiger partial charge is 0.274 e. The predicted octanol–water partition coefficient (Wildman–Crippen LogP) is 6.46. The van der Waals surface area contributed by atoms with Gasteiger partial charge in [0.15, 0.2) is 11.6 Å². The van der Waals surface area contributed by atoms with E-state index in [4.69, 9.17) is 11.6 Å². The molecule has 5 rings (SSSR count). The third kappa shape index (κ3) is 5.29. The maximum atomic E-state index is 16.2. The van der Waals surface area contributed by atoms with Crippen molar-refractivity contribution < 1.29 is 17.4 Å². The molecule has 1 fully saturated rings. The first kappa shape index (κ1) is 29.0. The van der Waals surface area contributed by atoms with Gasteiger partial charge in [0.2, 0.25) is 0 Å². The lowest BCUT2D eigenvalue weighted by atomic mass is 10.0. The summed E-state index contributed by atoms with van der Waals surface area (Å²) in [5.41, 5.74) is 0.577. The lowest BCUT2D eigenvalue weighted by molar-refractivity contribution is 0.594. The topological polar surface area (TPSA) is 80.5 Å². The van der Waals surface area contributed by atoms with Crippen LogP contribution in [0.3, 0.4) is 0 Å². The van der Waals surface area contributed by atoms with E-state index in [1.54, 1.807) is 40.2 Å². The maximum absolute atomic E-state index is 16.2. The van der Waals surface area contributed by atoms with Crippen LogP contribution in [0.2, 0.25) is 5.02 Å². The number of pyridine rings is 3. The minimum atomic E-state index is -2.91. The van der Waals surface area contributed by atoms with Gasteiger partial charge in [-0.2, -0.15) is 4.36 Å². The van der Waals surface area contributed by atoms with E-state index in [9.17, 15) is 13.4 Å². The molecule has 1 aliphatic rings. The van der Waals surface area contributed by atoms with Crippen LogP contribution in [0.1, 0.15) is 40.6 Å². The van der Waals surface area contributed by atoms with E-state index >= 15 is 8.78 Å². The van der Waals surface area contributed by atoms with Gasteiger partial charge < -0.3 is 0 Å². The number of halogens is 4. The number of rotatable bonds is 6. The number of benzene rings is 1. The highest BCUT2D eigenvalue weighted by atomic mass is 35.5. The van der Waals surface area contributed by atoms with E-state index < -0.39 is 32.9 Å². The van der Waals surface area contributed by atoms with Crippen LogP contribution < -0.4 is 5.56 Å². The Morgan fingerprint density at radius 2 is 1.80 bits per heavy atom. The van der Waals surface area contributed by atoms with E-state index in [0.29, 0.717) is 28.8 Å². The Hall–Kier alpha value is -3.54. The second-order valence-electron chi connectivity index (χ2n) is 10.3.